The zero-order valence-corrected chi connectivity index (χ0v) is 9.58. The SMILES string of the molecule is C[NH+]1CCC([NH2+]Cc2ccccc2)CC1. The Labute approximate surface area is 92.3 Å². The Morgan fingerprint density at radius 1 is 1.20 bits per heavy atom. The van der Waals surface area contributed by atoms with Gasteiger partial charge < -0.3 is 10.2 Å². The van der Waals surface area contributed by atoms with Crippen molar-refractivity contribution < 1.29 is 10.2 Å². The van der Waals surface area contributed by atoms with Crippen LogP contribution in [-0.4, -0.2) is 26.2 Å². The van der Waals surface area contributed by atoms with Crippen LogP contribution in [0.2, 0.25) is 0 Å². The monoisotopic (exact) mass is 206 g/mol. The van der Waals surface area contributed by atoms with Crippen molar-refractivity contribution >= 4 is 0 Å². The minimum absolute atomic E-state index is 0.855. The van der Waals surface area contributed by atoms with Crippen molar-refractivity contribution in [2.45, 2.75) is 25.4 Å². The molecule has 2 rings (SSSR count). The molecule has 1 saturated heterocycles. The van der Waals surface area contributed by atoms with Crippen molar-refractivity contribution in [1.82, 2.24) is 0 Å². The lowest BCUT2D eigenvalue weighted by atomic mass is 10.1. The summed E-state index contributed by atoms with van der Waals surface area (Å²) in [4.78, 5) is 1.69. The molecule has 1 aliphatic rings. The Bertz CT molecular complexity index is 276. The van der Waals surface area contributed by atoms with E-state index in [0.29, 0.717) is 0 Å². The average Bonchev–Trinajstić information content (AvgIpc) is 2.30. The van der Waals surface area contributed by atoms with Gasteiger partial charge in [0.05, 0.1) is 26.2 Å². The van der Waals surface area contributed by atoms with Gasteiger partial charge in [0.1, 0.15) is 6.54 Å². The second kappa shape index (κ2) is 5.29. The number of quaternary nitrogens is 2. The van der Waals surface area contributed by atoms with Gasteiger partial charge in [-0.05, 0) is 0 Å². The summed E-state index contributed by atoms with van der Waals surface area (Å²) in [5.41, 5.74) is 1.45. The summed E-state index contributed by atoms with van der Waals surface area (Å²) < 4.78 is 0. The van der Waals surface area contributed by atoms with Gasteiger partial charge in [0.25, 0.3) is 0 Å². The van der Waals surface area contributed by atoms with Gasteiger partial charge in [-0.25, -0.2) is 0 Å². The van der Waals surface area contributed by atoms with Crippen LogP contribution in [0.5, 0.6) is 0 Å². The minimum atomic E-state index is 0.855. The van der Waals surface area contributed by atoms with Crippen molar-refractivity contribution in [3.63, 3.8) is 0 Å². The summed E-state index contributed by atoms with van der Waals surface area (Å²) in [5, 5.41) is 2.52. The molecule has 0 saturated carbocycles. The van der Waals surface area contributed by atoms with E-state index in [-0.39, 0.29) is 0 Å². The molecule has 1 aromatic carbocycles. The van der Waals surface area contributed by atoms with E-state index >= 15 is 0 Å². The number of hydrogen-bond donors (Lipinski definition) is 2. The molecule has 1 aliphatic heterocycles. The Balaban J connectivity index is 1.74. The molecule has 3 N–H and O–H groups in total. The number of likely N-dealkylation sites (tertiary alicyclic amines) is 1. The molecule has 0 bridgehead atoms. The van der Waals surface area contributed by atoms with Crippen molar-refractivity contribution in [3.05, 3.63) is 35.9 Å². The summed E-state index contributed by atoms with van der Waals surface area (Å²) in [5.74, 6) is 0. The maximum Gasteiger partial charge on any atom is 0.101 e. The predicted octanol–water partition coefficient (Wildman–Crippen LogP) is -0.573. The summed E-state index contributed by atoms with van der Waals surface area (Å²) in [7, 11) is 2.30. The molecule has 1 fully saturated rings. The van der Waals surface area contributed by atoms with E-state index in [0.717, 1.165) is 12.6 Å². The van der Waals surface area contributed by atoms with Gasteiger partial charge in [0.15, 0.2) is 0 Å². The van der Waals surface area contributed by atoms with Crippen molar-refractivity contribution in [1.29, 1.82) is 0 Å². The highest BCUT2D eigenvalue weighted by Gasteiger charge is 2.21. The molecule has 15 heavy (non-hydrogen) atoms. The maximum absolute atomic E-state index is 2.52. The lowest BCUT2D eigenvalue weighted by Crippen LogP contribution is -3.12. The van der Waals surface area contributed by atoms with E-state index in [1.54, 1.807) is 4.90 Å². The van der Waals surface area contributed by atoms with Crippen molar-refractivity contribution in [3.8, 4) is 0 Å². The van der Waals surface area contributed by atoms with Crippen LogP contribution < -0.4 is 10.2 Å². The molecule has 1 aromatic rings. The number of benzene rings is 1. The lowest BCUT2D eigenvalue weighted by molar-refractivity contribution is -0.894. The van der Waals surface area contributed by atoms with E-state index in [4.69, 9.17) is 0 Å². The van der Waals surface area contributed by atoms with Gasteiger partial charge in [-0.15, -0.1) is 0 Å². The topological polar surface area (TPSA) is 21.1 Å². The van der Waals surface area contributed by atoms with Crippen LogP contribution in [0, 0.1) is 0 Å². The van der Waals surface area contributed by atoms with Crippen LogP contribution in [0.1, 0.15) is 18.4 Å². The highest BCUT2D eigenvalue weighted by atomic mass is 15.1. The van der Waals surface area contributed by atoms with E-state index < -0.39 is 0 Å². The first-order chi connectivity index (χ1) is 7.34. The first kappa shape index (κ1) is 10.7. The zero-order chi connectivity index (χ0) is 10.5. The van der Waals surface area contributed by atoms with E-state index in [1.165, 1.54) is 31.5 Å². The zero-order valence-electron chi connectivity index (χ0n) is 9.58. The molecule has 0 radical (unpaired) electrons. The van der Waals surface area contributed by atoms with E-state index in [2.05, 4.69) is 42.7 Å². The number of rotatable bonds is 3. The summed E-state index contributed by atoms with van der Waals surface area (Å²) in [6, 6.07) is 11.6. The molecule has 2 heteroatoms. The summed E-state index contributed by atoms with van der Waals surface area (Å²) in [6.45, 7) is 3.83. The van der Waals surface area contributed by atoms with Crippen LogP contribution in [-0.2, 0) is 6.54 Å². The molecule has 0 spiro atoms. The first-order valence-corrected chi connectivity index (χ1v) is 6.03. The number of nitrogens with two attached hydrogens (primary N) is 1. The predicted molar refractivity (Wildman–Crippen MR) is 61.7 cm³/mol. The molecule has 82 valence electrons. The van der Waals surface area contributed by atoms with Crippen molar-refractivity contribution in [2.75, 3.05) is 20.1 Å². The number of piperidine rings is 1. The van der Waals surface area contributed by atoms with E-state index in [1.807, 2.05) is 0 Å². The van der Waals surface area contributed by atoms with Gasteiger partial charge in [-0.1, -0.05) is 30.3 Å². The highest BCUT2D eigenvalue weighted by molar-refractivity contribution is 5.12. The third kappa shape index (κ3) is 3.33. The Morgan fingerprint density at radius 3 is 2.53 bits per heavy atom. The highest BCUT2D eigenvalue weighted by Crippen LogP contribution is 1.97. The van der Waals surface area contributed by atoms with Gasteiger partial charge in [0, 0.05) is 18.4 Å². The van der Waals surface area contributed by atoms with Crippen molar-refractivity contribution in [2.24, 2.45) is 0 Å². The second-order valence-electron chi connectivity index (χ2n) is 4.72. The molecule has 0 amide bonds. The van der Waals surface area contributed by atoms with Crippen LogP contribution in [0.15, 0.2) is 30.3 Å². The smallest absolute Gasteiger partial charge is 0.101 e. The molecule has 1 heterocycles. The Hall–Kier alpha value is -0.860. The van der Waals surface area contributed by atoms with Gasteiger partial charge in [-0.2, -0.15) is 0 Å². The molecule has 0 atom stereocenters. The number of nitrogens with one attached hydrogen (secondary N) is 1. The van der Waals surface area contributed by atoms with Crippen LogP contribution in [0.25, 0.3) is 0 Å². The normalized spacial score (nSPS) is 26.5. The lowest BCUT2D eigenvalue weighted by Gasteiger charge is -2.24. The fourth-order valence-electron chi connectivity index (χ4n) is 2.29. The van der Waals surface area contributed by atoms with Crippen LogP contribution >= 0.6 is 0 Å². The van der Waals surface area contributed by atoms with Gasteiger partial charge >= 0.3 is 0 Å². The molecule has 0 aliphatic carbocycles. The third-order valence-electron chi connectivity index (χ3n) is 3.41. The molecule has 0 aromatic heterocycles. The van der Waals surface area contributed by atoms with Crippen LogP contribution in [0.4, 0.5) is 0 Å². The molecule has 2 nitrogen and oxygen atoms in total. The Morgan fingerprint density at radius 2 is 1.87 bits per heavy atom. The largest absolute Gasteiger partial charge is 0.340 e. The van der Waals surface area contributed by atoms with Crippen LogP contribution in [0.3, 0.4) is 0 Å². The minimum Gasteiger partial charge on any atom is -0.340 e. The Kier molecular flexibility index (Phi) is 3.75. The standard InChI is InChI=1S/C13H20N2/c1-15-9-7-13(8-10-15)14-11-12-5-3-2-4-6-12/h2-6,13-14H,7-11H2,1H3/p+2. The fourth-order valence-corrected chi connectivity index (χ4v) is 2.29. The van der Waals surface area contributed by atoms with Gasteiger partial charge in [-0.3, -0.25) is 0 Å². The summed E-state index contributed by atoms with van der Waals surface area (Å²) in [6.07, 6.45) is 2.75. The summed E-state index contributed by atoms with van der Waals surface area (Å²) >= 11 is 0. The third-order valence-corrected chi connectivity index (χ3v) is 3.41. The fraction of sp³-hybridized carbons (Fsp3) is 0.538. The quantitative estimate of drug-likeness (QED) is 0.661. The molecular formula is C13H22N2+2. The van der Waals surface area contributed by atoms with Gasteiger partial charge in [0.2, 0.25) is 0 Å². The number of hydrogen-bond acceptors (Lipinski definition) is 0. The second-order valence-corrected chi connectivity index (χ2v) is 4.72. The molecule has 0 unspecified atom stereocenters. The average molecular weight is 206 g/mol. The molecular weight excluding hydrogens is 184 g/mol. The first-order valence-electron chi connectivity index (χ1n) is 6.03. The van der Waals surface area contributed by atoms with E-state index in [9.17, 15) is 0 Å². The maximum atomic E-state index is 2.52.